The van der Waals surface area contributed by atoms with E-state index in [4.69, 9.17) is 9.47 Å². The van der Waals surface area contributed by atoms with Crippen molar-refractivity contribution in [3.63, 3.8) is 0 Å². The smallest absolute Gasteiger partial charge is 0.222 e. The molecule has 0 aromatic carbocycles. The standard InChI is InChI=1S/C12H20O2/c1-4-5-6-7-8-12-13-9-10(2)11(3)14-12/h10-12H,4-6,9H2,1-3H3/t10-,11+,12+/m0/s1. The first-order chi connectivity index (χ1) is 6.74. The van der Waals surface area contributed by atoms with Gasteiger partial charge >= 0.3 is 0 Å². The predicted molar refractivity (Wildman–Crippen MR) is 56.8 cm³/mol. The molecule has 2 nitrogen and oxygen atoms in total. The molecule has 0 N–H and O–H groups in total. The van der Waals surface area contributed by atoms with E-state index in [9.17, 15) is 0 Å². The first-order valence-electron chi connectivity index (χ1n) is 5.49. The molecule has 3 atom stereocenters. The summed E-state index contributed by atoms with van der Waals surface area (Å²) in [7, 11) is 0. The molecule has 1 heterocycles. The van der Waals surface area contributed by atoms with Crippen LogP contribution in [0.5, 0.6) is 0 Å². The molecule has 0 aromatic heterocycles. The lowest BCUT2D eigenvalue weighted by atomic mass is 10.1. The number of hydrogen-bond donors (Lipinski definition) is 0. The summed E-state index contributed by atoms with van der Waals surface area (Å²) in [5.41, 5.74) is 0. The summed E-state index contributed by atoms with van der Waals surface area (Å²) in [5.74, 6) is 6.58. The van der Waals surface area contributed by atoms with Crippen LogP contribution in [0.1, 0.15) is 40.0 Å². The molecule has 0 amide bonds. The fourth-order valence-corrected chi connectivity index (χ4v) is 1.24. The average Bonchev–Trinajstić information content (AvgIpc) is 2.18. The van der Waals surface area contributed by atoms with E-state index in [1.807, 2.05) is 0 Å². The van der Waals surface area contributed by atoms with E-state index in [-0.39, 0.29) is 12.4 Å². The molecule has 14 heavy (non-hydrogen) atoms. The number of unbranched alkanes of at least 4 members (excludes halogenated alkanes) is 2. The number of ether oxygens (including phenoxy) is 2. The van der Waals surface area contributed by atoms with Gasteiger partial charge in [-0.2, -0.15) is 0 Å². The van der Waals surface area contributed by atoms with Crippen LogP contribution in [0, 0.1) is 17.8 Å². The zero-order valence-electron chi connectivity index (χ0n) is 9.38. The Morgan fingerprint density at radius 2 is 2.14 bits per heavy atom. The van der Waals surface area contributed by atoms with Crippen LogP contribution in [0.25, 0.3) is 0 Å². The summed E-state index contributed by atoms with van der Waals surface area (Å²) in [5, 5.41) is 0. The van der Waals surface area contributed by atoms with Crippen molar-refractivity contribution in [1.82, 2.24) is 0 Å². The topological polar surface area (TPSA) is 18.5 Å². The molecule has 1 rings (SSSR count). The van der Waals surface area contributed by atoms with Gasteiger partial charge in [0.1, 0.15) is 0 Å². The lowest BCUT2D eigenvalue weighted by Gasteiger charge is -2.30. The first-order valence-corrected chi connectivity index (χ1v) is 5.49. The Labute approximate surface area is 87.0 Å². The van der Waals surface area contributed by atoms with Gasteiger partial charge in [0.15, 0.2) is 0 Å². The first kappa shape index (κ1) is 11.6. The molecule has 2 heteroatoms. The average molecular weight is 196 g/mol. The van der Waals surface area contributed by atoms with Crippen LogP contribution in [-0.2, 0) is 9.47 Å². The fourth-order valence-electron chi connectivity index (χ4n) is 1.24. The van der Waals surface area contributed by atoms with Crippen LogP contribution in [0.2, 0.25) is 0 Å². The maximum absolute atomic E-state index is 5.58. The fraction of sp³-hybridized carbons (Fsp3) is 0.833. The highest BCUT2D eigenvalue weighted by molar-refractivity contribution is 5.02. The van der Waals surface area contributed by atoms with Gasteiger partial charge in [0.2, 0.25) is 6.29 Å². The second-order valence-electron chi connectivity index (χ2n) is 3.91. The molecule has 1 fully saturated rings. The summed E-state index contributed by atoms with van der Waals surface area (Å²) in [6, 6.07) is 0. The minimum absolute atomic E-state index is 0.259. The van der Waals surface area contributed by atoms with E-state index >= 15 is 0 Å². The SMILES string of the molecule is CCCCC#C[C@@H]1OC[C@H](C)[C@@H](C)O1. The summed E-state index contributed by atoms with van der Waals surface area (Å²) in [4.78, 5) is 0. The van der Waals surface area contributed by atoms with Crippen LogP contribution < -0.4 is 0 Å². The molecule has 1 aliphatic heterocycles. The number of hydrogen-bond acceptors (Lipinski definition) is 2. The van der Waals surface area contributed by atoms with Crippen molar-refractivity contribution in [2.75, 3.05) is 6.61 Å². The highest BCUT2D eigenvalue weighted by Gasteiger charge is 2.23. The van der Waals surface area contributed by atoms with E-state index in [1.54, 1.807) is 0 Å². The van der Waals surface area contributed by atoms with Crippen molar-refractivity contribution >= 4 is 0 Å². The molecule has 0 aliphatic carbocycles. The van der Waals surface area contributed by atoms with Gasteiger partial charge in [-0.1, -0.05) is 26.2 Å². The van der Waals surface area contributed by atoms with Gasteiger partial charge in [0, 0.05) is 12.3 Å². The Morgan fingerprint density at radius 3 is 2.79 bits per heavy atom. The summed E-state index contributed by atoms with van der Waals surface area (Å²) >= 11 is 0. The maximum atomic E-state index is 5.58. The minimum Gasteiger partial charge on any atom is -0.342 e. The van der Waals surface area contributed by atoms with Gasteiger partial charge in [-0.25, -0.2) is 0 Å². The molecule has 1 aliphatic rings. The van der Waals surface area contributed by atoms with E-state index < -0.39 is 0 Å². The molecule has 0 aromatic rings. The molecular weight excluding hydrogens is 176 g/mol. The third-order valence-corrected chi connectivity index (χ3v) is 2.53. The highest BCUT2D eigenvalue weighted by Crippen LogP contribution is 2.17. The molecule has 0 saturated carbocycles. The van der Waals surface area contributed by atoms with Crippen molar-refractivity contribution in [3.8, 4) is 11.8 Å². The van der Waals surface area contributed by atoms with E-state index in [0.717, 1.165) is 19.4 Å². The van der Waals surface area contributed by atoms with Gasteiger partial charge < -0.3 is 9.47 Å². The van der Waals surface area contributed by atoms with Gasteiger partial charge in [-0.3, -0.25) is 0 Å². The third-order valence-electron chi connectivity index (χ3n) is 2.53. The Bertz CT molecular complexity index is 214. The molecular formula is C12H20O2. The Morgan fingerprint density at radius 1 is 1.36 bits per heavy atom. The van der Waals surface area contributed by atoms with Crippen LogP contribution in [0.4, 0.5) is 0 Å². The lowest BCUT2D eigenvalue weighted by Crippen LogP contribution is -2.36. The maximum Gasteiger partial charge on any atom is 0.222 e. The Hall–Kier alpha value is -0.520. The summed E-state index contributed by atoms with van der Waals surface area (Å²) in [6.45, 7) is 7.13. The summed E-state index contributed by atoms with van der Waals surface area (Å²) in [6.07, 6.45) is 3.26. The van der Waals surface area contributed by atoms with Crippen LogP contribution in [0.3, 0.4) is 0 Å². The zero-order chi connectivity index (χ0) is 10.4. The van der Waals surface area contributed by atoms with Crippen LogP contribution in [0.15, 0.2) is 0 Å². The Kier molecular flexibility index (Phi) is 5.00. The predicted octanol–water partition coefficient (Wildman–Crippen LogP) is 2.58. The van der Waals surface area contributed by atoms with E-state index in [1.165, 1.54) is 6.42 Å². The van der Waals surface area contributed by atoms with Gasteiger partial charge in [-0.05, 0) is 19.3 Å². The van der Waals surface area contributed by atoms with Gasteiger partial charge in [0.25, 0.3) is 0 Å². The summed E-state index contributed by atoms with van der Waals surface area (Å²) < 4.78 is 11.0. The van der Waals surface area contributed by atoms with E-state index in [0.29, 0.717) is 5.92 Å². The number of rotatable bonds is 2. The van der Waals surface area contributed by atoms with Crippen molar-refractivity contribution in [2.24, 2.45) is 5.92 Å². The van der Waals surface area contributed by atoms with Crippen molar-refractivity contribution in [1.29, 1.82) is 0 Å². The van der Waals surface area contributed by atoms with Crippen LogP contribution in [-0.4, -0.2) is 19.0 Å². The molecule has 0 spiro atoms. The molecule has 0 unspecified atom stereocenters. The van der Waals surface area contributed by atoms with Crippen molar-refractivity contribution < 1.29 is 9.47 Å². The molecule has 0 bridgehead atoms. The third kappa shape index (κ3) is 3.69. The lowest BCUT2D eigenvalue weighted by molar-refractivity contribution is -0.199. The molecule has 0 radical (unpaired) electrons. The second kappa shape index (κ2) is 6.06. The zero-order valence-corrected chi connectivity index (χ0v) is 9.38. The Balaban J connectivity index is 2.27. The highest BCUT2D eigenvalue weighted by atomic mass is 16.7. The van der Waals surface area contributed by atoms with Crippen molar-refractivity contribution in [2.45, 2.75) is 52.4 Å². The molecule has 1 saturated heterocycles. The van der Waals surface area contributed by atoms with E-state index in [2.05, 4.69) is 32.6 Å². The van der Waals surface area contributed by atoms with Crippen LogP contribution >= 0.6 is 0 Å². The van der Waals surface area contributed by atoms with Gasteiger partial charge in [0.05, 0.1) is 12.7 Å². The normalized spacial score (nSPS) is 32.1. The second-order valence-corrected chi connectivity index (χ2v) is 3.91. The largest absolute Gasteiger partial charge is 0.342 e. The quantitative estimate of drug-likeness (QED) is 0.499. The minimum atomic E-state index is -0.293. The monoisotopic (exact) mass is 196 g/mol. The van der Waals surface area contributed by atoms with Crippen molar-refractivity contribution in [3.05, 3.63) is 0 Å². The molecule has 80 valence electrons. The van der Waals surface area contributed by atoms with Gasteiger partial charge in [-0.15, -0.1) is 0 Å².